The zero-order valence-electron chi connectivity index (χ0n) is 12.3. The molecule has 0 unspecified atom stereocenters. The summed E-state index contributed by atoms with van der Waals surface area (Å²) in [6, 6.07) is 5.08. The van der Waals surface area contributed by atoms with E-state index in [9.17, 15) is 14.0 Å². The molecule has 1 aliphatic heterocycles. The molecule has 0 bridgehead atoms. The van der Waals surface area contributed by atoms with Gasteiger partial charge >= 0.3 is 0 Å². The number of halogens is 1. The molecule has 1 heterocycles. The normalized spacial score (nSPS) is 21.8. The first-order valence-corrected chi connectivity index (χ1v) is 7.06. The van der Waals surface area contributed by atoms with Crippen molar-refractivity contribution in [1.29, 1.82) is 0 Å². The maximum absolute atomic E-state index is 13.5. The van der Waals surface area contributed by atoms with E-state index in [1.165, 1.54) is 23.1 Å². The van der Waals surface area contributed by atoms with Gasteiger partial charge in [0.25, 0.3) is 5.91 Å². The second-order valence-corrected chi connectivity index (χ2v) is 5.10. The molecule has 0 aromatic heterocycles. The van der Waals surface area contributed by atoms with Crippen LogP contribution in [0.4, 0.5) is 4.39 Å². The molecule has 1 fully saturated rings. The van der Waals surface area contributed by atoms with Crippen LogP contribution < -0.4 is 5.32 Å². The average Bonchev–Trinajstić information content (AvgIpc) is 2.50. The summed E-state index contributed by atoms with van der Waals surface area (Å²) in [4.78, 5) is 25.5. The molecule has 0 spiro atoms. The van der Waals surface area contributed by atoms with Crippen LogP contribution in [-0.2, 0) is 14.3 Å². The van der Waals surface area contributed by atoms with Crippen LogP contribution in [0.25, 0.3) is 0 Å². The minimum absolute atomic E-state index is 0.0302. The van der Waals surface area contributed by atoms with E-state index in [0.29, 0.717) is 18.5 Å². The van der Waals surface area contributed by atoms with E-state index in [4.69, 9.17) is 9.84 Å². The van der Waals surface area contributed by atoms with E-state index in [2.05, 4.69) is 5.32 Å². The highest BCUT2D eigenvalue weighted by Gasteiger charge is 2.39. The predicted octanol–water partition coefficient (Wildman–Crippen LogP) is 0.223. The topological polar surface area (TPSA) is 78.9 Å². The summed E-state index contributed by atoms with van der Waals surface area (Å²) < 4.78 is 18.8. The highest BCUT2D eigenvalue weighted by Crippen LogP contribution is 2.29. The van der Waals surface area contributed by atoms with Gasteiger partial charge in [-0.1, -0.05) is 12.1 Å². The monoisotopic (exact) mass is 310 g/mol. The molecule has 1 saturated heterocycles. The van der Waals surface area contributed by atoms with Gasteiger partial charge in [0.05, 0.1) is 6.04 Å². The van der Waals surface area contributed by atoms with Crippen molar-refractivity contribution in [2.75, 3.05) is 26.8 Å². The number of hydrogen-bond donors (Lipinski definition) is 2. The number of nitrogens with zero attached hydrogens (tertiary/aromatic N) is 1. The first-order valence-electron chi connectivity index (χ1n) is 7.06. The van der Waals surface area contributed by atoms with Gasteiger partial charge in [0.1, 0.15) is 12.4 Å². The molecule has 1 aromatic rings. The second-order valence-electron chi connectivity index (χ2n) is 5.10. The number of amides is 2. The number of hydrogen-bond acceptors (Lipinski definition) is 4. The molecule has 0 radical (unpaired) electrons. The molecule has 0 saturated carbocycles. The van der Waals surface area contributed by atoms with E-state index in [1.807, 2.05) is 0 Å². The molecule has 1 aromatic carbocycles. The number of benzene rings is 1. The van der Waals surface area contributed by atoms with Crippen molar-refractivity contribution in [1.82, 2.24) is 10.2 Å². The van der Waals surface area contributed by atoms with Crippen LogP contribution in [0.2, 0.25) is 0 Å². The molecule has 6 nitrogen and oxygen atoms in total. The third-order valence-corrected chi connectivity index (χ3v) is 3.57. The Bertz CT molecular complexity index is 552. The Labute approximate surface area is 127 Å². The van der Waals surface area contributed by atoms with E-state index in [1.54, 1.807) is 13.1 Å². The van der Waals surface area contributed by atoms with E-state index in [0.717, 1.165) is 0 Å². The fraction of sp³-hybridized carbons (Fsp3) is 0.467. The summed E-state index contributed by atoms with van der Waals surface area (Å²) in [5.41, 5.74) is 0.498. The van der Waals surface area contributed by atoms with Crippen LogP contribution in [-0.4, -0.2) is 54.7 Å². The van der Waals surface area contributed by atoms with Crippen molar-refractivity contribution in [3.8, 4) is 0 Å². The maximum Gasteiger partial charge on any atom is 0.251 e. The molecular formula is C15H19FN2O4. The lowest BCUT2D eigenvalue weighted by atomic mass is 9.97. The van der Waals surface area contributed by atoms with Gasteiger partial charge < -0.3 is 20.1 Å². The molecular weight excluding hydrogens is 291 g/mol. The number of carbonyl (C=O) groups excluding carboxylic acids is 2. The zero-order chi connectivity index (χ0) is 16.1. The molecule has 2 N–H and O–H groups in total. The molecule has 0 aliphatic carbocycles. The van der Waals surface area contributed by atoms with Crippen molar-refractivity contribution in [3.63, 3.8) is 0 Å². The number of rotatable bonds is 5. The molecule has 7 heteroatoms. The number of ether oxygens (including phenoxy) is 1. The molecule has 1 aliphatic rings. The third kappa shape index (κ3) is 3.61. The summed E-state index contributed by atoms with van der Waals surface area (Å²) in [6.45, 7) is 0.0840. The lowest BCUT2D eigenvalue weighted by Gasteiger charge is -2.38. The minimum atomic E-state index is -0.914. The average molecular weight is 310 g/mol. The SMILES string of the molecule is CN1C(=O)CO[C@@H](C(=O)NCCCO)[C@H]1c1cccc(F)c1. The lowest BCUT2D eigenvalue weighted by Crippen LogP contribution is -2.53. The standard InChI is InChI=1S/C15H19FN2O4/c1-18-12(20)9-22-14(15(21)17-6-3-7-19)13(18)10-4-2-5-11(16)8-10/h2,4-5,8,13-14,19H,3,6-7,9H2,1H3,(H,17,21)/t13-,14-/m1/s1. The van der Waals surface area contributed by atoms with Gasteiger partial charge in [-0.15, -0.1) is 0 Å². The summed E-state index contributed by atoms with van der Waals surface area (Å²) in [5, 5.41) is 11.4. The summed E-state index contributed by atoms with van der Waals surface area (Å²) in [7, 11) is 1.56. The number of likely N-dealkylation sites (N-methyl/N-ethyl adjacent to an activating group) is 1. The van der Waals surface area contributed by atoms with Crippen molar-refractivity contribution in [2.45, 2.75) is 18.6 Å². The number of aliphatic hydroxyl groups is 1. The van der Waals surface area contributed by atoms with Gasteiger partial charge in [0.2, 0.25) is 5.91 Å². The fourth-order valence-electron chi connectivity index (χ4n) is 2.41. The molecule has 2 rings (SSSR count). The predicted molar refractivity (Wildman–Crippen MR) is 76.4 cm³/mol. The minimum Gasteiger partial charge on any atom is -0.396 e. The Balaban J connectivity index is 2.22. The van der Waals surface area contributed by atoms with Crippen molar-refractivity contribution >= 4 is 11.8 Å². The van der Waals surface area contributed by atoms with E-state index < -0.39 is 18.0 Å². The zero-order valence-corrected chi connectivity index (χ0v) is 12.3. The summed E-state index contributed by atoms with van der Waals surface area (Å²) in [5.74, 6) is -1.10. The highest BCUT2D eigenvalue weighted by atomic mass is 19.1. The van der Waals surface area contributed by atoms with Crippen molar-refractivity contribution in [3.05, 3.63) is 35.6 Å². The molecule has 22 heavy (non-hydrogen) atoms. The Morgan fingerprint density at radius 3 is 3.00 bits per heavy atom. The van der Waals surface area contributed by atoms with Crippen molar-refractivity contribution in [2.24, 2.45) is 0 Å². The summed E-state index contributed by atoms with van der Waals surface area (Å²) >= 11 is 0. The fourth-order valence-corrected chi connectivity index (χ4v) is 2.41. The van der Waals surface area contributed by atoms with Crippen LogP contribution in [0.1, 0.15) is 18.0 Å². The molecule has 2 atom stereocenters. The second kappa shape index (κ2) is 7.33. The van der Waals surface area contributed by atoms with Crippen LogP contribution in [0.5, 0.6) is 0 Å². The third-order valence-electron chi connectivity index (χ3n) is 3.57. The maximum atomic E-state index is 13.5. The Kier molecular flexibility index (Phi) is 5.46. The van der Waals surface area contributed by atoms with Gasteiger partial charge in [0.15, 0.2) is 6.10 Å². The lowest BCUT2D eigenvalue weighted by molar-refractivity contribution is -0.162. The number of morpholine rings is 1. The van der Waals surface area contributed by atoms with Crippen LogP contribution in [0, 0.1) is 5.82 Å². The Morgan fingerprint density at radius 1 is 1.55 bits per heavy atom. The largest absolute Gasteiger partial charge is 0.396 e. The Morgan fingerprint density at radius 2 is 2.32 bits per heavy atom. The number of nitrogens with one attached hydrogen (secondary N) is 1. The van der Waals surface area contributed by atoms with E-state index >= 15 is 0 Å². The highest BCUT2D eigenvalue weighted by molar-refractivity contribution is 5.86. The van der Waals surface area contributed by atoms with Gasteiger partial charge in [-0.2, -0.15) is 0 Å². The van der Waals surface area contributed by atoms with Crippen molar-refractivity contribution < 1.29 is 23.8 Å². The van der Waals surface area contributed by atoms with Crippen LogP contribution in [0.15, 0.2) is 24.3 Å². The number of aliphatic hydroxyl groups excluding tert-OH is 1. The van der Waals surface area contributed by atoms with E-state index in [-0.39, 0.29) is 25.0 Å². The van der Waals surface area contributed by atoms with Gasteiger partial charge in [0, 0.05) is 20.2 Å². The number of carbonyl (C=O) groups is 2. The summed E-state index contributed by atoms with van der Waals surface area (Å²) in [6.07, 6.45) is -0.485. The van der Waals surface area contributed by atoms with Gasteiger partial charge in [-0.25, -0.2) is 4.39 Å². The van der Waals surface area contributed by atoms with Gasteiger partial charge in [-0.05, 0) is 24.1 Å². The van der Waals surface area contributed by atoms with Crippen LogP contribution >= 0.6 is 0 Å². The quantitative estimate of drug-likeness (QED) is 0.763. The molecule has 120 valence electrons. The molecule has 2 amide bonds. The first-order chi connectivity index (χ1) is 10.5. The van der Waals surface area contributed by atoms with Crippen LogP contribution in [0.3, 0.4) is 0 Å². The Hall–Kier alpha value is -1.99. The first kappa shape index (κ1) is 16.4. The van der Waals surface area contributed by atoms with Gasteiger partial charge in [-0.3, -0.25) is 9.59 Å². The smallest absolute Gasteiger partial charge is 0.251 e.